The van der Waals surface area contributed by atoms with Gasteiger partial charge in [0.25, 0.3) is 0 Å². The van der Waals surface area contributed by atoms with E-state index in [4.69, 9.17) is 0 Å². The molecule has 1 aromatic carbocycles. The molecule has 1 atom stereocenters. The molecule has 1 unspecified atom stereocenters. The van der Waals surface area contributed by atoms with Gasteiger partial charge in [-0.2, -0.15) is 0 Å². The first-order valence-electron chi connectivity index (χ1n) is 6.09. The molecular weight excluding hydrogens is 214 g/mol. The minimum atomic E-state index is -0.905. The van der Waals surface area contributed by atoms with E-state index in [0.717, 1.165) is 18.5 Å². The van der Waals surface area contributed by atoms with Crippen molar-refractivity contribution < 1.29 is 9.90 Å². The second-order valence-electron chi connectivity index (χ2n) is 4.31. The van der Waals surface area contributed by atoms with Crippen molar-refractivity contribution in [3.8, 4) is 0 Å². The topological polar surface area (TPSA) is 40.5 Å². The van der Waals surface area contributed by atoms with Crippen LogP contribution >= 0.6 is 0 Å². The third kappa shape index (κ3) is 2.50. The van der Waals surface area contributed by atoms with Crippen LogP contribution in [-0.4, -0.2) is 29.6 Å². The molecule has 0 aliphatic carbocycles. The number of carboxylic acid groups (broad SMARTS) is 1. The van der Waals surface area contributed by atoms with Crippen LogP contribution in [-0.2, 0) is 10.3 Å². The van der Waals surface area contributed by atoms with Gasteiger partial charge >= 0.3 is 5.97 Å². The van der Waals surface area contributed by atoms with Crippen molar-refractivity contribution in [2.45, 2.75) is 32.2 Å². The van der Waals surface area contributed by atoms with Gasteiger partial charge < -0.3 is 5.11 Å². The largest absolute Gasteiger partial charge is 0.480 e. The van der Waals surface area contributed by atoms with E-state index in [0.29, 0.717) is 6.42 Å². The second-order valence-corrected chi connectivity index (χ2v) is 4.31. The summed E-state index contributed by atoms with van der Waals surface area (Å²) in [7, 11) is 1.88. The maximum atomic E-state index is 11.7. The molecule has 0 saturated carbocycles. The Morgan fingerprint density at radius 3 is 2.29 bits per heavy atom. The van der Waals surface area contributed by atoms with Gasteiger partial charge in [-0.05, 0) is 32.0 Å². The molecular formula is C14H21NO2. The average molecular weight is 235 g/mol. The lowest BCUT2D eigenvalue weighted by Gasteiger charge is -2.38. The van der Waals surface area contributed by atoms with Gasteiger partial charge in [-0.1, -0.05) is 44.2 Å². The molecule has 0 radical (unpaired) electrons. The van der Waals surface area contributed by atoms with Crippen LogP contribution in [0.25, 0.3) is 0 Å². The lowest BCUT2D eigenvalue weighted by Crippen LogP contribution is -2.50. The lowest BCUT2D eigenvalue weighted by molar-refractivity contribution is -0.152. The minimum absolute atomic E-state index is 0.558. The lowest BCUT2D eigenvalue weighted by atomic mass is 9.85. The molecule has 0 spiro atoms. The summed E-state index contributed by atoms with van der Waals surface area (Å²) in [5.41, 5.74) is -0.0528. The molecule has 0 aromatic heterocycles. The number of nitrogens with zero attached hydrogens (tertiary/aromatic N) is 1. The van der Waals surface area contributed by atoms with Crippen molar-refractivity contribution in [3.63, 3.8) is 0 Å². The maximum Gasteiger partial charge on any atom is 0.328 e. The van der Waals surface area contributed by atoms with E-state index in [1.54, 1.807) is 0 Å². The standard InChI is InChI=1S/C14H21NO2/c1-4-11-15(3)14(5-2,13(16)17)12-9-7-6-8-10-12/h6-10H,4-5,11H2,1-3H3,(H,16,17). The van der Waals surface area contributed by atoms with Gasteiger partial charge in [-0.3, -0.25) is 4.90 Å². The molecule has 3 heteroatoms. The Morgan fingerprint density at radius 1 is 1.29 bits per heavy atom. The number of hydrogen-bond acceptors (Lipinski definition) is 2. The van der Waals surface area contributed by atoms with E-state index in [9.17, 15) is 9.90 Å². The fourth-order valence-electron chi connectivity index (χ4n) is 2.37. The molecule has 0 heterocycles. The Balaban J connectivity index is 3.23. The first kappa shape index (κ1) is 13.7. The zero-order valence-electron chi connectivity index (χ0n) is 10.8. The number of benzene rings is 1. The van der Waals surface area contributed by atoms with E-state index in [2.05, 4.69) is 6.92 Å². The molecule has 0 amide bonds. The summed E-state index contributed by atoms with van der Waals surface area (Å²) in [6.45, 7) is 4.76. The predicted octanol–water partition coefficient (Wildman–Crippen LogP) is 2.72. The highest BCUT2D eigenvalue weighted by atomic mass is 16.4. The van der Waals surface area contributed by atoms with Crippen LogP contribution in [0.15, 0.2) is 30.3 Å². The molecule has 94 valence electrons. The van der Waals surface area contributed by atoms with Crippen LogP contribution in [0.2, 0.25) is 0 Å². The average Bonchev–Trinajstić information content (AvgIpc) is 2.32. The van der Waals surface area contributed by atoms with E-state index < -0.39 is 11.5 Å². The number of hydrogen-bond donors (Lipinski definition) is 1. The summed E-state index contributed by atoms with van der Waals surface area (Å²) < 4.78 is 0. The molecule has 1 aromatic rings. The zero-order chi connectivity index (χ0) is 12.9. The van der Waals surface area contributed by atoms with Crippen molar-refractivity contribution in [1.29, 1.82) is 0 Å². The van der Waals surface area contributed by atoms with Crippen LogP contribution in [0.3, 0.4) is 0 Å². The molecule has 0 bridgehead atoms. The Morgan fingerprint density at radius 2 is 1.88 bits per heavy atom. The van der Waals surface area contributed by atoms with Crippen LogP contribution in [0.5, 0.6) is 0 Å². The summed E-state index contributed by atoms with van der Waals surface area (Å²) in [6, 6.07) is 9.48. The highest BCUT2D eigenvalue weighted by molar-refractivity contribution is 5.80. The monoisotopic (exact) mass is 235 g/mol. The first-order valence-corrected chi connectivity index (χ1v) is 6.09. The molecule has 3 nitrogen and oxygen atoms in total. The summed E-state index contributed by atoms with van der Waals surface area (Å²) in [4.78, 5) is 13.7. The molecule has 0 aliphatic rings. The van der Waals surface area contributed by atoms with Gasteiger partial charge in [0.05, 0.1) is 0 Å². The fourth-order valence-corrected chi connectivity index (χ4v) is 2.37. The number of aliphatic carboxylic acids is 1. The van der Waals surface area contributed by atoms with Gasteiger partial charge in [0.1, 0.15) is 5.54 Å². The van der Waals surface area contributed by atoms with E-state index in [1.807, 2.05) is 49.2 Å². The van der Waals surface area contributed by atoms with E-state index in [-0.39, 0.29) is 0 Å². The summed E-state index contributed by atoms with van der Waals surface area (Å²) >= 11 is 0. The number of rotatable bonds is 6. The quantitative estimate of drug-likeness (QED) is 0.824. The molecule has 0 fully saturated rings. The maximum absolute atomic E-state index is 11.7. The highest BCUT2D eigenvalue weighted by Crippen LogP contribution is 2.31. The Bertz CT molecular complexity index is 364. The number of carboxylic acids is 1. The summed E-state index contributed by atoms with van der Waals surface area (Å²) in [5.74, 6) is -0.776. The molecule has 17 heavy (non-hydrogen) atoms. The molecule has 1 rings (SSSR count). The molecule has 1 N–H and O–H groups in total. The third-order valence-corrected chi connectivity index (χ3v) is 3.33. The first-order chi connectivity index (χ1) is 8.09. The van der Waals surface area contributed by atoms with Crippen LogP contribution < -0.4 is 0 Å². The highest BCUT2D eigenvalue weighted by Gasteiger charge is 2.42. The van der Waals surface area contributed by atoms with Crippen LogP contribution in [0.4, 0.5) is 0 Å². The van der Waals surface area contributed by atoms with Gasteiger partial charge in [0, 0.05) is 0 Å². The Kier molecular flexibility index (Phi) is 4.70. The van der Waals surface area contributed by atoms with Crippen molar-refractivity contribution in [3.05, 3.63) is 35.9 Å². The third-order valence-electron chi connectivity index (χ3n) is 3.33. The van der Waals surface area contributed by atoms with Gasteiger partial charge in [0.2, 0.25) is 0 Å². The smallest absolute Gasteiger partial charge is 0.328 e. The Labute approximate surface area is 103 Å². The van der Waals surface area contributed by atoms with Crippen molar-refractivity contribution in [2.75, 3.05) is 13.6 Å². The molecule has 0 saturated heterocycles. The SMILES string of the molecule is CCCN(C)C(CC)(C(=O)O)c1ccccc1. The Hall–Kier alpha value is -1.35. The number of likely N-dealkylation sites (N-methyl/N-ethyl adjacent to an activating group) is 1. The number of carbonyl (C=O) groups is 1. The van der Waals surface area contributed by atoms with Gasteiger partial charge in [0.15, 0.2) is 0 Å². The zero-order valence-corrected chi connectivity index (χ0v) is 10.8. The van der Waals surface area contributed by atoms with Crippen LogP contribution in [0.1, 0.15) is 32.3 Å². The summed E-state index contributed by atoms with van der Waals surface area (Å²) in [6.07, 6.45) is 1.50. The van der Waals surface area contributed by atoms with Crippen LogP contribution in [0, 0.1) is 0 Å². The minimum Gasteiger partial charge on any atom is -0.480 e. The van der Waals surface area contributed by atoms with Gasteiger partial charge in [-0.25, -0.2) is 4.79 Å². The second kappa shape index (κ2) is 5.82. The normalized spacial score (nSPS) is 14.6. The van der Waals surface area contributed by atoms with Crippen molar-refractivity contribution in [2.24, 2.45) is 0 Å². The molecule has 0 aliphatic heterocycles. The van der Waals surface area contributed by atoms with E-state index in [1.165, 1.54) is 0 Å². The van der Waals surface area contributed by atoms with Gasteiger partial charge in [-0.15, -0.1) is 0 Å². The predicted molar refractivity (Wildman–Crippen MR) is 69.0 cm³/mol. The van der Waals surface area contributed by atoms with Crippen molar-refractivity contribution in [1.82, 2.24) is 4.90 Å². The van der Waals surface area contributed by atoms with E-state index >= 15 is 0 Å². The van der Waals surface area contributed by atoms with Crippen molar-refractivity contribution >= 4 is 5.97 Å². The summed E-state index contributed by atoms with van der Waals surface area (Å²) in [5, 5.41) is 9.63. The fraction of sp³-hybridized carbons (Fsp3) is 0.500.